The van der Waals surface area contributed by atoms with Gasteiger partial charge in [-0.15, -0.1) is 0 Å². The molecule has 0 aromatic carbocycles. The third-order valence-electron chi connectivity index (χ3n) is 4.03. The van der Waals surface area contributed by atoms with E-state index in [1.165, 1.54) is 0 Å². The minimum Gasteiger partial charge on any atom is -0.368 e. The molecule has 0 aliphatic carbocycles. The van der Waals surface area contributed by atoms with E-state index in [9.17, 15) is 0 Å². The third-order valence-corrected chi connectivity index (χ3v) is 5.03. The van der Waals surface area contributed by atoms with Gasteiger partial charge < -0.3 is 15.0 Å². The first kappa shape index (κ1) is 16.8. The molecule has 0 saturated carbocycles. The molecule has 1 aromatic heterocycles. The molecule has 2 atom stereocenters. The fourth-order valence-corrected chi connectivity index (χ4v) is 3.49. The lowest BCUT2D eigenvalue weighted by Crippen LogP contribution is -2.24. The molecule has 1 aliphatic heterocycles. The molecule has 2 N–H and O–H groups in total. The summed E-state index contributed by atoms with van der Waals surface area (Å²) in [5.41, 5.74) is 5.98. The molecular formula is C15H27N3O2S. The number of nitrogens with two attached hydrogens (primary N) is 1. The van der Waals surface area contributed by atoms with Gasteiger partial charge >= 0.3 is 0 Å². The van der Waals surface area contributed by atoms with E-state index in [1.807, 2.05) is 11.8 Å². The fraction of sp³-hybridized carbons (Fsp3) is 0.867. The summed E-state index contributed by atoms with van der Waals surface area (Å²) in [5.74, 6) is 3.95. The Labute approximate surface area is 131 Å². The van der Waals surface area contributed by atoms with Crippen LogP contribution in [0.1, 0.15) is 51.4 Å². The van der Waals surface area contributed by atoms with E-state index in [1.54, 1.807) is 0 Å². The van der Waals surface area contributed by atoms with Crippen LogP contribution in [0.25, 0.3) is 0 Å². The summed E-state index contributed by atoms with van der Waals surface area (Å²) in [6.07, 6.45) is 2.87. The van der Waals surface area contributed by atoms with Gasteiger partial charge in [-0.1, -0.05) is 25.9 Å². The number of thioether (sulfide) groups is 1. The average Bonchev–Trinajstić information content (AvgIpc) is 2.92. The molecule has 1 fully saturated rings. The zero-order valence-corrected chi connectivity index (χ0v) is 14.1. The fourth-order valence-electron chi connectivity index (χ4n) is 2.65. The first-order chi connectivity index (χ1) is 10.0. The van der Waals surface area contributed by atoms with Gasteiger partial charge in [-0.3, -0.25) is 0 Å². The van der Waals surface area contributed by atoms with E-state index in [2.05, 4.69) is 30.9 Å². The molecule has 1 aliphatic rings. The molecule has 2 unspecified atom stereocenters. The smallest absolute Gasteiger partial charge is 0.226 e. The predicted molar refractivity (Wildman–Crippen MR) is 85.3 cm³/mol. The number of hydrogen-bond acceptors (Lipinski definition) is 6. The van der Waals surface area contributed by atoms with Crippen LogP contribution in [-0.2, 0) is 11.2 Å². The molecular weight excluding hydrogens is 286 g/mol. The Morgan fingerprint density at radius 2 is 2.19 bits per heavy atom. The third kappa shape index (κ3) is 4.97. The van der Waals surface area contributed by atoms with Crippen LogP contribution in [0.4, 0.5) is 0 Å². The van der Waals surface area contributed by atoms with E-state index >= 15 is 0 Å². The molecule has 21 heavy (non-hydrogen) atoms. The zero-order chi connectivity index (χ0) is 15.3. The van der Waals surface area contributed by atoms with Crippen molar-refractivity contribution < 1.29 is 9.26 Å². The first-order valence-corrected chi connectivity index (χ1v) is 8.88. The van der Waals surface area contributed by atoms with Crippen molar-refractivity contribution in [2.24, 2.45) is 17.1 Å². The van der Waals surface area contributed by atoms with Gasteiger partial charge in [0.05, 0.1) is 6.61 Å². The van der Waals surface area contributed by atoms with E-state index < -0.39 is 0 Å². The summed E-state index contributed by atoms with van der Waals surface area (Å²) >= 11 is 1.87. The summed E-state index contributed by atoms with van der Waals surface area (Å²) in [6.45, 7) is 8.28. The van der Waals surface area contributed by atoms with Gasteiger partial charge in [-0.05, 0) is 30.7 Å². The maximum absolute atomic E-state index is 5.73. The number of rotatable bonds is 6. The highest BCUT2D eigenvalue weighted by Gasteiger charge is 2.25. The largest absolute Gasteiger partial charge is 0.368 e. The minimum atomic E-state index is -0.0105. The Balaban J connectivity index is 1.89. The van der Waals surface area contributed by atoms with Crippen molar-refractivity contribution in [1.29, 1.82) is 0 Å². The van der Waals surface area contributed by atoms with Crippen LogP contribution in [0.3, 0.4) is 0 Å². The van der Waals surface area contributed by atoms with Crippen LogP contribution in [0.5, 0.6) is 0 Å². The maximum Gasteiger partial charge on any atom is 0.226 e. The molecule has 1 aromatic rings. The summed E-state index contributed by atoms with van der Waals surface area (Å²) in [4.78, 5) is 4.50. The maximum atomic E-state index is 5.73. The molecule has 6 heteroatoms. The number of nitrogens with zero attached hydrogens (tertiary/aromatic N) is 2. The van der Waals surface area contributed by atoms with Crippen LogP contribution >= 0.6 is 11.8 Å². The van der Waals surface area contributed by atoms with Crippen LogP contribution in [0, 0.1) is 11.3 Å². The number of aromatic nitrogens is 2. The average molecular weight is 313 g/mol. The lowest BCUT2D eigenvalue weighted by Gasteiger charge is -2.30. The van der Waals surface area contributed by atoms with Crippen molar-refractivity contribution in [1.82, 2.24) is 10.1 Å². The Morgan fingerprint density at radius 3 is 2.81 bits per heavy atom. The lowest BCUT2D eigenvalue weighted by atomic mass is 9.76. The second kappa shape index (κ2) is 7.61. The Hall–Kier alpha value is -0.590. The highest BCUT2D eigenvalue weighted by Crippen LogP contribution is 2.32. The summed E-state index contributed by atoms with van der Waals surface area (Å²) in [5, 5.41) is 4.08. The van der Waals surface area contributed by atoms with Crippen molar-refractivity contribution in [2.45, 2.75) is 46.1 Å². The van der Waals surface area contributed by atoms with Gasteiger partial charge in [-0.25, -0.2) is 0 Å². The molecule has 0 amide bonds. The molecule has 120 valence electrons. The van der Waals surface area contributed by atoms with E-state index in [-0.39, 0.29) is 11.5 Å². The first-order valence-electron chi connectivity index (χ1n) is 7.72. The van der Waals surface area contributed by atoms with Crippen molar-refractivity contribution in [2.75, 3.05) is 24.7 Å². The van der Waals surface area contributed by atoms with E-state index in [0.29, 0.717) is 11.7 Å². The van der Waals surface area contributed by atoms with Crippen LogP contribution in [0.15, 0.2) is 4.52 Å². The SMILES string of the molecule is CC(C)(C)C(CCN)CCc1nc(C2CSCCO2)no1. The number of aryl methyl sites for hydroxylation is 1. The minimum absolute atomic E-state index is 0.0105. The number of hydrogen-bond donors (Lipinski definition) is 1. The van der Waals surface area contributed by atoms with Gasteiger partial charge in [-0.2, -0.15) is 16.7 Å². The second-order valence-corrected chi connectivity index (χ2v) is 7.81. The highest BCUT2D eigenvalue weighted by atomic mass is 32.2. The summed E-state index contributed by atoms with van der Waals surface area (Å²) in [7, 11) is 0. The van der Waals surface area contributed by atoms with Gasteiger partial charge in [0, 0.05) is 17.9 Å². The van der Waals surface area contributed by atoms with Crippen molar-refractivity contribution in [3.63, 3.8) is 0 Å². The molecule has 5 nitrogen and oxygen atoms in total. The van der Waals surface area contributed by atoms with Crippen LogP contribution < -0.4 is 5.73 Å². The quantitative estimate of drug-likeness (QED) is 0.870. The highest BCUT2D eigenvalue weighted by molar-refractivity contribution is 7.99. The molecule has 0 spiro atoms. The normalized spacial score (nSPS) is 21.4. The lowest BCUT2D eigenvalue weighted by molar-refractivity contribution is 0.0677. The van der Waals surface area contributed by atoms with Crippen molar-refractivity contribution in [3.8, 4) is 0 Å². The topological polar surface area (TPSA) is 74.2 Å². The van der Waals surface area contributed by atoms with E-state index in [0.717, 1.165) is 49.8 Å². The Bertz CT molecular complexity index is 425. The van der Waals surface area contributed by atoms with Crippen LogP contribution in [-0.4, -0.2) is 34.8 Å². The summed E-state index contributed by atoms with van der Waals surface area (Å²) in [6, 6.07) is 0. The van der Waals surface area contributed by atoms with Gasteiger partial charge in [0.25, 0.3) is 0 Å². The number of ether oxygens (including phenoxy) is 1. The molecule has 1 saturated heterocycles. The molecule has 0 radical (unpaired) electrons. The monoisotopic (exact) mass is 313 g/mol. The zero-order valence-electron chi connectivity index (χ0n) is 13.3. The Kier molecular flexibility index (Phi) is 6.08. The van der Waals surface area contributed by atoms with Gasteiger partial charge in [0.15, 0.2) is 0 Å². The Morgan fingerprint density at radius 1 is 1.38 bits per heavy atom. The predicted octanol–water partition coefficient (Wildman–Crippen LogP) is 2.82. The molecule has 0 bridgehead atoms. The summed E-state index contributed by atoms with van der Waals surface area (Å²) < 4.78 is 11.1. The van der Waals surface area contributed by atoms with Gasteiger partial charge in [0.2, 0.25) is 11.7 Å². The van der Waals surface area contributed by atoms with E-state index in [4.69, 9.17) is 15.0 Å². The molecule has 2 rings (SSSR count). The van der Waals surface area contributed by atoms with Crippen LogP contribution in [0.2, 0.25) is 0 Å². The standard InChI is InChI=1S/C15H27N3O2S/c1-15(2,3)11(6-7-16)4-5-13-17-14(18-20-13)12-10-21-9-8-19-12/h11-12H,4-10,16H2,1-3H3. The van der Waals surface area contributed by atoms with Crippen molar-refractivity contribution in [3.05, 3.63) is 11.7 Å². The van der Waals surface area contributed by atoms with Gasteiger partial charge in [0.1, 0.15) is 6.10 Å². The second-order valence-electron chi connectivity index (χ2n) is 6.66. The van der Waals surface area contributed by atoms with Crippen molar-refractivity contribution >= 4 is 11.8 Å². The molecule has 2 heterocycles.